The summed E-state index contributed by atoms with van der Waals surface area (Å²) in [5.41, 5.74) is 4.79. The van der Waals surface area contributed by atoms with Gasteiger partial charge in [-0.2, -0.15) is 0 Å². The molecule has 564 valence electrons. The Morgan fingerprint density at radius 2 is 0.449 bits per heavy atom. The zero-order valence-electron chi connectivity index (χ0n) is 44.3. The van der Waals surface area contributed by atoms with E-state index in [2.05, 4.69) is 102 Å². The maximum Gasteiger partial charge on any atom is 0.146 e. The summed E-state index contributed by atoms with van der Waals surface area (Å²) in [5.74, 6) is 0. The number of hydrogen-bond donors (Lipinski definition) is 0. The van der Waals surface area contributed by atoms with Crippen LogP contribution >= 0.6 is 15.9 Å². The molecule has 2 heterocycles. The van der Waals surface area contributed by atoms with Gasteiger partial charge in [-0.3, -0.25) is 0 Å². The van der Waals surface area contributed by atoms with Crippen molar-refractivity contribution in [3.8, 4) is 11.1 Å². The number of hydrogen-bond acceptors (Lipinski definition) is 3. The lowest BCUT2D eigenvalue weighted by atomic mass is 9.83. The summed E-state index contributed by atoms with van der Waals surface area (Å²) in [6.45, 7) is 6.78. The van der Waals surface area contributed by atoms with E-state index in [1.165, 1.54) is 45.4 Å². The van der Waals surface area contributed by atoms with Gasteiger partial charge < -0.3 is 4.40 Å². The van der Waals surface area contributed by atoms with Crippen molar-refractivity contribution >= 4 is 694 Å². The van der Waals surface area contributed by atoms with E-state index in [1.54, 1.807) is 107 Å². The first kappa shape index (κ1) is 106. The zero-order valence-corrected chi connectivity index (χ0v) is 106. The summed E-state index contributed by atoms with van der Waals surface area (Å²) in [4.78, 5) is 4.73. The first-order chi connectivity index (χ1) is 48.4. The van der Waals surface area contributed by atoms with Gasteiger partial charge in [-0.15, -0.1) is 0 Å². The number of fused-ring (bicyclic) bond motifs is 3. The first-order valence-electron chi connectivity index (χ1n) is 20.3. The molecule has 98 heavy (non-hydrogen) atoms. The van der Waals surface area contributed by atoms with E-state index < -0.39 is 0 Å². The molecule has 77 heteroatoms. The van der Waals surface area contributed by atoms with Crippen LogP contribution in [-0.2, 0) is 667 Å². The zero-order chi connectivity index (χ0) is 69.8. The van der Waals surface area contributed by atoms with Crippen molar-refractivity contribution in [2.24, 2.45) is 0 Å². The van der Waals surface area contributed by atoms with Crippen LogP contribution in [0.1, 0.15) is 26.5 Å². The maximum atomic E-state index is 4.82. The summed E-state index contributed by atoms with van der Waals surface area (Å²) >= 11 is 13.2. The number of benzene rings is 2. The highest BCUT2D eigenvalue weighted by atomic mass is 79.9. The molecular formula is C21H19BrN2S74. The van der Waals surface area contributed by atoms with Gasteiger partial charge in [0.05, 0.1) is 0 Å². The summed E-state index contributed by atoms with van der Waals surface area (Å²) < 4.78 is 3.11. The Balaban J connectivity index is 0.000000852. The van der Waals surface area contributed by atoms with E-state index in [9.17, 15) is 0 Å². The highest BCUT2D eigenvalue weighted by Gasteiger charge is 2.26. The molecule has 0 saturated carbocycles. The molecule has 0 aliphatic rings. The minimum absolute atomic E-state index is 0.0202. The Labute approximate surface area is 789 Å². The number of halogens is 1. The van der Waals surface area contributed by atoms with Crippen molar-refractivity contribution in [3.63, 3.8) is 0 Å². The summed E-state index contributed by atoms with van der Waals surface area (Å²) in [5, 5.41) is 2.43. The molecular weight excluding hydrogens is 2730 g/mol. The second kappa shape index (κ2) is 83.4. The smallest absolute Gasteiger partial charge is 0.146 e. The number of nitrogens with zero attached hydrogens (tertiary/aromatic N) is 2. The molecule has 0 aliphatic carbocycles. The second-order valence-corrected chi connectivity index (χ2v) is 140. The first-order valence-corrected chi connectivity index (χ1v) is 118. The fourth-order valence-electron chi connectivity index (χ4n) is 4.28. The van der Waals surface area contributed by atoms with Gasteiger partial charge in [0.25, 0.3) is 0 Å². The van der Waals surface area contributed by atoms with Crippen LogP contribution in [0.25, 0.3) is 27.5 Å². The van der Waals surface area contributed by atoms with Gasteiger partial charge in [-0.05, 0) is 26.9 Å². The molecule has 0 atom stereocenters. The van der Waals surface area contributed by atoms with Gasteiger partial charge in [0.15, 0.2) is 0 Å². The Morgan fingerprint density at radius 3 is 0.643 bits per heavy atom. The molecule has 0 fully saturated rings. The SMILES string of the molecule is CC(C)(C)c1c(-c2ccccc2)c2ccccc2c2nc(Br)cn12.S=S=S=S=S=S=S=S=S=S=S=S=S=S=S=S=S=S=S=S=S=S=S=S=S=S=S=S=S=S=S=S=S=S=S=S=S=S=S=S=S=S=S=S=S=S=S=S=S=S=S=S=S=S=S=S=S=S=S=S=S=S=S=S=S=S=S=S=S=S=S=S=S=S. The number of aromatic nitrogens is 2. The molecule has 0 N–H and O–H groups in total. The van der Waals surface area contributed by atoms with E-state index >= 15 is 0 Å². The van der Waals surface area contributed by atoms with Gasteiger partial charge in [-0.25, -0.2) is 4.98 Å². The highest BCUT2D eigenvalue weighted by Crippen LogP contribution is 2.40. The lowest BCUT2D eigenvalue weighted by Gasteiger charge is -2.26. The fraction of sp³-hybridized carbons (Fsp3) is 0.190. The van der Waals surface area contributed by atoms with Crippen LogP contribution in [0, 0.1) is 0 Å². The van der Waals surface area contributed by atoms with Crippen LogP contribution in [0.2, 0.25) is 0 Å². The molecule has 0 bridgehead atoms. The van der Waals surface area contributed by atoms with Crippen LogP contribution in [-0.4, -0.2) is 9.38 Å². The second-order valence-electron chi connectivity index (χ2n) is 12.0. The largest absolute Gasteiger partial charge is 0.301 e. The predicted octanol–water partition coefficient (Wildman–Crippen LogP) is 6.04. The van der Waals surface area contributed by atoms with Crippen LogP contribution in [0.15, 0.2) is 65.4 Å². The van der Waals surface area contributed by atoms with Gasteiger partial charge in [-0.1, -0.05) is 75.4 Å². The monoisotopic (exact) mass is 2740 g/mol. The number of pyridine rings is 1. The molecule has 2 nitrogen and oxygen atoms in total. The van der Waals surface area contributed by atoms with Gasteiger partial charge in [0.1, 0.15) is 10.3 Å². The van der Waals surface area contributed by atoms with Crippen LogP contribution in [0.5, 0.6) is 0 Å². The van der Waals surface area contributed by atoms with Crippen LogP contribution in [0.3, 0.4) is 0 Å². The fourth-order valence-corrected chi connectivity index (χ4v) is 197. The van der Waals surface area contributed by atoms with Gasteiger partial charge >= 0.3 is 0 Å². The van der Waals surface area contributed by atoms with E-state index in [-0.39, 0.29) is 5.41 Å². The van der Waals surface area contributed by atoms with E-state index in [0.717, 1.165) is 10.3 Å². The molecule has 2 aromatic carbocycles. The average Bonchev–Trinajstić information content (AvgIpc) is 1.40. The summed E-state index contributed by atoms with van der Waals surface area (Å²) in [7, 11) is 130. The van der Waals surface area contributed by atoms with Crippen molar-refractivity contribution in [1.82, 2.24) is 9.38 Å². The van der Waals surface area contributed by atoms with Crippen molar-refractivity contribution in [2.75, 3.05) is 0 Å². The molecule has 0 radical (unpaired) electrons. The minimum atomic E-state index is -0.0202. The third-order valence-electron chi connectivity index (χ3n) is 6.34. The quantitative estimate of drug-likeness (QED) is 0.232. The standard InChI is InChI=1S/C21H19BrN2.S74/c1-21(2,3)19-18(14-9-5-4-6-10-14)15-11-7-8-12-16(15)20-23-17(22)13-24(19)20;1-3-5-7-9-11-13-15-17-19-21-23-25-27-29-31-33-35-37-39-41-43-45-47-49-51-53-55-57-59-61-63-65-67-69-71-73-74-72-70-68-66-64-62-60-58-56-54-52-50-48-46-44-42-40-38-36-34-32-30-28-26-24-22-20-18-16-14-12-10-8-6-4-2/h4-13H,1-3H3;. The summed E-state index contributed by atoms with van der Waals surface area (Å²) in [6, 6.07) is 19.2. The molecule has 0 saturated heterocycles. The molecule has 2 aromatic heterocycles. The number of imidazole rings is 1. The highest BCUT2D eigenvalue weighted by molar-refractivity contribution is 9.10. The lowest BCUT2D eigenvalue weighted by molar-refractivity contribution is 0.564. The van der Waals surface area contributed by atoms with Gasteiger partial charge in [0, 0.05) is 690 Å². The molecule has 4 aromatic rings. The third kappa shape index (κ3) is 64.9. The molecule has 0 unspecified atom stereocenters. The van der Waals surface area contributed by atoms with Crippen molar-refractivity contribution < 1.29 is 0 Å². The molecule has 0 amide bonds. The van der Waals surface area contributed by atoms with E-state index in [4.69, 9.17) is 27.4 Å². The topological polar surface area (TPSA) is 17.3 Å². The Hall–Kier alpha value is 14.2. The Morgan fingerprint density at radius 1 is 0.265 bits per heavy atom. The van der Waals surface area contributed by atoms with E-state index in [0.29, 0.717) is 0 Å². The van der Waals surface area contributed by atoms with Crippen LogP contribution < -0.4 is 0 Å². The molecule has 0 spiro atoms. The van der Waals surface area contributed by atoms with Crippen molar-refractivity contribution in [3.05, 3.63) is 71.1 Å². The predicted molar refractivity (Wildman–Crippen MR) is 650 cm³/mol. The molecule has 0 aliphatic heterocycles. The summed E-state index contributed by atoms with van der Waals surface area (Å²) in [6.07, 6.45) is 2.08. The van der Waals surface area contributed by atoms with Crippen molar-refractivity contribution in [2.45, 2.75) is 26.2 Å². The maximum absolute atomic E-state index is 4.82. The number of rotatable bonds is 1. The van der Waals surface area contributed by atoms with Crippen molar-refractivity contribution in [1.29, 1.82) is 0 Å². The Kier molecular flexibility index (Phi) is 90.5. The van der Waals surface area contributed by atoms with Crippen LogP contribution in [0.4, 0.5) is 0 Å². The molecule has 4 rings (SSSR count). The van der Waals surface area contributed by atoms with Gasteiger partial charge in [0.2, 0.25) is 0 Å². The third-order valence-corrected chi connectivity index (χ3v) is 164. The normalized spacial score (nSPS) is 8.90. The minimum Gasteiger partial charge on any atom is -0.301 e. The van der Waals surface area contributed by atoms with E-state index in [1.807, 2.05) is 515 Å². The lowest BCUT2D eigenvalue weighted by Crippen LogP contribution is -2.18. The average molecular weight is 2750 g/mol. The Bertz CT molecular complexity index is 6950.